The zero-order valence-electron chi connectivity index (χ0n) is 12.0. The smallest absolute Gasteiger partial charge is 0.106 e. The number of nitrogens with zero attached hydrogens (tertiary/aromatic N) is 3. The van der Waals surface area contributed by atoms with Gasteiger partial charge in [-0.15, -0.1) is 0 Å². The number of benzene rings is 1. The van der Waals surface area contributed by atoms with Crippen molar-refractivity contribution < 1.29 is 0 Å². The van der Waals surface area contributed by atoms with Gasteiger partial charge in [-0.3, -0.25) is 0 Å². The number of nitrogens with one attached hydrogen (secondary N) is 1. The monoisotopic (exact) mass is 256 g/mol. The molecule has 0 atom stereocenters. The molecular formula is C15H20N4. The second-order valence-electron chi connectivity index (χ2n) is 5.57. The quantitative estimate of drug-likeness (QED) is 0.674. The van der Waals surface area contributed by atoms with E-state index < -0.39 is 0 Å². The van der Waals surface area contributed by atoms with Crippen molar-refractivity contribution in [3.05, 3.63) is 29.6 Å². The Kier molecular flexibility index (Phi) is 3.59. The van der Waals surface area contributed by atoms with E-state index in [4.69, 9.17) is 5.26 Å². The first-order valence-corrected chi connectivity index (χ1v) is 6.47. The third-order valence-electron chi connectivity index (χ3n) is 3.66. The number of rotatable bonds is 4. The lowest BCUT2D eigenvalue weighted by atomic mass is 9.84. The van der Waals surface area contributed by atoms with Gasteiger partial charge in [-0.1, -0.05) is 19.9 Å². The number of aryl methyl sites for hydroxylation is 2. The van der Waals surface area contributed by atoms with E-state index >= 15 is 0 Å². The summed E-state index contributed by atoms with van der Waals surface area (Å²) in [6.45, 7) is 7.52. The summed E-state index contributed by atoms with van der Waals surface area (Å²) >= 11 is 0. The molecule has 100 valence electrons. The van der Waals surface area contributed by atoms with E-state index in [-0.39, 0.29) is 5.41 Å². The SMILES string of the molecule is Cc1nc2cc(C(C)(C)CNCC#N)ccc2n1C. The van der Waals surface area contributed by atoms with Crippen molar-refractivity contribution in [2.24, 2.45) is 7.05 Å². The zero-order chi connectivity index (χ0) is 14.0. The molecule has 0 aliphatic carbocycles. The highest BCUT2D eigenvalue weighted by Crippen LogP contribution is 2.26. The van der Waals surface area contributed by atoms with Crippen LogP contribution in [0, 0.1) is 18.3 Å². The van der Waals surface area contributed by atoms with Crippen LogP contribution in [0.2, 0.25) is 0 Å². The molecule has 0 aliphatic rings. The Morgan fingerprint density at radius 3 is 2.84 bits per heavy atom. The van der Waals surface area contributed by atoms with Crippen molar-refractivity contribution >= 4 is 11.0 Å². The van der Waals surface area contributed by atoms with E-state index in [0.717, 1.165) is 23.4 Å². The molecule has 0 radical (unpaired) electrons. The molecule has 4 heteroatoms. The lowest BCUT2D eigenvalue weighted by Crippen LogP contribution is -2.33. The molecule has 1 aromatic heterocycles. The molecule has 0 aliphatic heterocycles. The predicted octanol–water partition coefficient (Wildman–Crippen LogP) is 2.27. The fourth-order valence-electron chi connectivity index (χ4n) is 2.27. The normalized spacial score (nSPS) is 11.7. The molecule has 0 saturated carbocycles. The molecule has 1 aromatic carbocycles. The lowest BCUT2D eigenvalue weighted by Gasteiger charge is -2.25. The second-order valence-corrected chi connectivity index (χ2v) is 5.57. The molecule has 0 bridgehead atoms. The maximum atomic E-state index is 8.58. The molecule has 2 rings (SSSR count). The highest BCUT2D eigenvalue weighted by Gasteiger charge is 2.21. The van der Waals surface area contributed by atoms with E-state index in [9.17, 15) is 0 Å². The fraction of sp³-hybridized carbons (Fsp3) is 0.467. The number of aromatic nitrogens is 2. The van der Waals surface area contributed by atoms with Crippen LogP contribution in [0.3, 0.4) is 0 Å². The van der Waals surface area contributed by atoms with Crippen LogP contribution in [0.25, 0.3) is 11.0 Å². The van der Waals surface area contributed by atoms with Crippen LogP contribution < -0.4 is 5.32 Å². The molecule has 1 N–H and O–H groups in total. The standard InChI is InChI=1S/C15H20N4/c1-11-18-13-9-12(5-6-14(13)19(11)4)15(2,3)10-17-8-7-16/h5-6,9,17H,8,10H2,1-4H3. The van der Waals surface area contributed by atoms with Gasteiger partial charge in [-0.2, -0.15) is 5.26 Å². The lowest BCUT2D eigenvalue weighted by molar-refractivity contribution is 0.485. The third-order valence-corrected chi connectivity index (χ3v) is 3.66. The Balaban J connectivity index is 2.32. The van der Waals surface area contributed by atoms with Crippen molar-refractivity contribution in [3.8, 4) is 6.07 Å². The van der Waals surface area contributed by atoms with Gasteiger partial charge in [-0.05, 0) is 24.6 Å². The van der Waals surface area contributed by atoms with Crippen LogP contribution in [-0.2, 0) is 12.5 Å². The summed E-state index contributed by atoms with van der Waals surface area (Å²) in [6, 6.07) is 8.53. The molecule has 1 heterocycles. The number of nitriles is 1. The van der Waals surface area contributed by atoms with E-state index in [1.54, 1.807) is 0 Å². The van der Waals surface area contributed by atoms with E-state index in [2.05, 4.69) is 53.0 Å². The van der Waals surface area contributed by atoms with Crippen molar-refractivity contribution in [3.63, 3.8) is 0 Å². The maximum Gasteiger partial charge on any atom is 0.106 e. The van der Waals surface area contributed by atoms with Gasteiger partial charge in [-0.25, -0.2) is 4.98 Å². The molecule has 0 unspecified atom stereocenters. The van der Waals surface area contributed by atoms with Crippen molar-refractivity contribution in [2.75, 3.05) is 13.1 Å². The van der Waals surface area contributed by atoms with Gasteiger partial charge in [0.2, 0.25) is 0 Å². The molecule has 19 heavy (non-hydrogen) atoms. The highest BCUT2D eigenvalue weighted by molar-refractivity contribution is 5.77. The summed E-state index contributed by atoms with van der Waals surface area (Å²) in [5.74, 6) is 1.02. The summed E-state index contributed by atoms with van der Waals surface area (Å²) in [6.07, 6.45) is 0. The minimum Gasteiger partial charge on any atom is -0.331 e. The van der Waals surface area contributed by atoms with Crippen LogP contribution in [0.4, 0.5) is 0 Å². The van der Waals surface area contributed by atoms with Gasteiger partial charge >= 0.3 is 0 Å². The van der Waals surface area contributed by atoms with Crippen LogP contribution >= 0.6 is 0 Å². The van der Waals surface area contributed by atoms with E-state index in [0.29, 0.717) is 6.54 Å². The first-order chi connectivity index (χ1) is 8.95. The Morgan fingerprint density at radius 1 is 1.42 bits per heavy atom. The number of imidazole rings is 1. The first kappa shape index (κ1) is 13.6. The van der Waals surface area contributed by atoms with Crippen molar-refractivity contribution in [2.45, 2.75) is 26.2 Å². The Morgan fingerprint density at radius 2 is 2.16 bits per heavy atom. The van der Waals surface area contributed by atoms with Crippen LogP contribution in [0.5, 0.6) is 0 Å². The molecule has 0 amide bonds. The van der Waals surface area contributed by atoms with Crippen LogP contribution in [0.1, 0.15) is 25.2 Å². The minimum absolute atomic E-state index is 0.0174. The predicted molar refractivity (Wildman–Crippen MR) is 77.0 cm³/mol. The Bertz CT molecular complexity index is 631. The Hall–Kier alpha value is -1.86. The summed E-state index contributed by atoms with van der Waals surface area (Å²) in [4.78, 5) is 4.57. The highest BCUT2D eigenvalue weighted by atomic mass is 15.0. The number of fused-ring (bicyclic) bond motifs is 1. The minimum atomic E-state index is -0.0174. The Labute approximate surface area is 114 Å². The molecule has 2 aromatic rings. The van der Waals surface area contributed by atoms with Crippen LogP contribution in [0.15, 0.2) is 18.2 Å². The summed E-state index contributed by atoms with van der Waals surface area (Å²) in [7, 11) is 2.03. The molecule has 4 nitrogen and oxygen atoms in total. The largest absolute Gasteiger partial charge is 0.331 e. The van der Waals surface area contributed by atoms with E-state index in [1.165, 1.54) is 5.56 Å². The van der Waals surface area contributed by atoms with Gasteiger partial charge in [0.05, 0.1) is 23.6 Å². The van der Waals surface area contributed by atoms with Gasteiger partial charge in [0, 0.05) is 19.0 Å². The van der Waals surface area contributed by atoms with Gasteiger partial charge < -0.3 is 9.88 Å². The summed E-state index contributed by atoms with van der Waals surface area (Å²) in [5, 5.41) is 11.7. The van der Waals surface area contributed by atoms with Gasteiger partial charge in [0.1, 0.15) is 5.82 Å². The molecular weight excluding hydrogens is 236 g/mol. The zero-order valence-corrected chi connectivity index (χ0v) is 12.0. The number of hydrogen-bond donors (Lipinski definition) is 1. The first-order valence-electron chi connectivity index (χ1n) is 6.47. The van der Waals surface area contributed by atoms with Crippen molar-refractivity contribution in [1.82, 2.24) is 14.9 Å². The topological polar surface area (TPSA) is 53.6 Å². The van der Waals surface area contributed by atoms with Crippen LogP contribution in [-0.4, -0.2) is 22.6 Å². The maximum absolute atomic E-state index is 8.58. The summed E-state index contributed by atoms with van der Waals surface area (Å²) in [5.41, 5.74) is 3.41. The second kappa shape index (κ2) is 5.02. The third kappa shape index (κ3) is 2.61. The fourth-order valence-corrected chi connectivity index (χ4v) is 2.27. The average molecular weight is 256 g/mol. The van der Waals surface area contributed by atoms with Crippen molar-refractivity contribution in [1.29, 1.82) is 5.26 Å². The molecule has 0 spiro atoms. The molecule has 0 fully saturated rings. The molecule has 0 saturated heterocycles. The van der Waals surface area contributed by atoms with Gasteiger partial charge in [0.15, 0.2) is 0 Å². The average Bonchev–Trinajstić information content (AvgIpc) is 2.65. The number of hydrogen-bond acceptors (Lipinski definition) is 3. The summed E-state index contributed by atoms with van der Waals surface area (Å²) < 4.78 is 2.10. The van der Waals surface area contributed by atoms with Gasteiger partial charge in [0.25, 0.3) is 0 Å². The van der Waals surface area contributed by atoms with E-state index in [1.807, 2.05) is 14.0 Å².